The SMILES string of the molecule is O=C(NCCOc1ccc(N2CC3CCCCC3C2)cc1)c1c(C2CC2)nc2ccc(Cl)cn12. The second kappa shape index (κ2) is 9.14. The van der Waals surface area contributed by atoms with Crippen LogP contribution in [0.3, 0.4) is 0 Å². The lowest BCUT2D eigenvalue weighted by atomic mass is 9.82. The molecular weight excluding hydrogens is 448 g/mol. The van der Waals surface area contributed by atoms with Gasteiger partial charge < -0.3 is 15.0 Å². The molecule has 2 aliphatic carbocycles. The molecule has 2 atom stereocenters. The Morgan fingerprint density at radius 3 is 2.47 bits per heavy atom. The lowest BCUT2D eigenvalue weighted by Gasteiger charge is -2.22. The second-order valence-electron chi connectivity index (χ2n) is 10.0. The number of anilines is 1. The van der Waals surface area contributed by atoms with Crippen LogP contribution in [0.25, 0.3) is 5.65 Å². The number of nitrogens with one attached hydrogen (secondary N) is 1. The standard InChI is InChI=1S/C27H31ClN4O2/c28-21-7-12-24-30-25(18-5-6-18)26(32(24)17-21)27(33)29-13-14-34-23-10-8-22(9-11-23)31-15-19-3-1-2-4-20(19)16-31/h7-12,17-20H,1-6,13-16H2,(H,29,33). The van der Waals surface area contributed by atoms with Gasteiger partial charge in [0.05, 0.1) is 17.3 Å². The van der Waals surface area contributed by atoms with Crippen LogP contribution < -0.4 is 15.0 Å². The Labute approximate surface area is 205 Å². The molecule has 3 aromatic rings. The van der Waals surface area contributed by atoms with E-state index in [1.54, 1.807) is 16.7 Å². The number of carbonyl (C=O) groups is 1. The van der Waals surface area contributed by atoms with Gasteiger partial charge in [-0.15, -0.1) is 0 Å². The number of nitrogens with zero attached hydrogens (tertiary/aromatic N) is 3. The number of aromatic nitrogens is 2. The minimum Gasteiger partial charge on any atom is -0.492 e. The summed E-state index contributed by atoms with van der Waals surface area (Å²) in [5.74, 6) is 2.81. The third-order valence-corrected chi connectivity index (χ3v) is 7.85. The fourth-order valence-electron chi connectivity index (χ4n) is 5.69. The molecule has 2 aromatic heterocycles. The van der Waals surface area contributed by atoms with Crippen LogP contribution in [0.5, 0.6) is 5.75 Å². The maximum absolute atomic E-state index is 13.0. The molecule has 3 heterocycles. The van der Waals surface area contributed by atoms with E-state index >= 15 is 0 Å². The van der Waals surface area contributed by atoms with Crippen molar-refractivity contribution in [1.82, 2.24) is 14.7 Å². The topological polar surface area (TPSA) is 58.9 Å². The van der Waals surface area contributed by atoms with Crippen molar-refractivity contribution < 1.29 is 9.53 Å². The van der Waals surface area contributed by atoms with Gasteiger partial charge in [0.1, 0.15) is 23.7 Å². The van der Waals surface area contributed by atoms with Crippen molar-refractivity contribution >= 4 is 28.8 Å². The molecule has 2 unspecified atom stereocenters. The predicted octanol–water partition coefficient (Wildman–Crippen LogP) is 5.30. The van der Waals surface area contributed by atoms with Gasteiger partial charge in [-0.1, -0.05) is 24.4 Å². The third-order valence-electron chi connectivity index (χ3n) is 7.62. The average Bonchev–Trinajstić information content (AvgIpc) is 3.49. The fraction of sp³-hybridized carbons (Fsp3) is 0.481. The number of ether oxygens (including phenoxy) is 1. The third kappa shape index (κ3) is 4.36. The number of imidazole rings is 1. The van der Waals surface area contributed by atoms with Gasteiger partial charge in [0.2, 0.25) is 0 Å². The monoisotopic (exact) mass is 478 g/mol. The smallest absolute Gasteiger partial charge is 0.270 e. The van der Waals surface area contributed by atoms with Crippen LogP contribution in [0.4, 0.5) is 5.69 Å². The summed E-state index contributed by atoms with van der Waals surface area (Å²) < 4.78 is 7.71. The van der Waals surface area contributed by atoms with E-state index in [0.29, 0.717) is 29.8 Å². The summed E-state index contributed by atoms with van der Waals surface area (Å²) in [7, 11) is 0. The minimum atomic E-state index is -0.133. The Kier molecular flexibility index (Phi) is 5.85. The Morgan fingerprint density at radius 2 is 1.76 bits per heavy atom. The molecule has 6 rings (SSSR count). The van der Waals surface area contributed by atoms with Crippen LogP contribution in [-0.2, 0) is 0 Å². The number of fused-ring (bicyclic) bond motifs is 2. The van der Waals surface area contributed by atoms with E-state index in [9.17, 15) is 4.79 Å². The lowest BCUT2D eigenvalue weighted by Crippen LogP contribution is -2.29. The van der Waals surface area contributed by atoms with Crippen LogP contribution in [0.15, 0.2) is 42.6 Å². The number of hydrogen-bond donors (Lipinski definition) is 1. The van der Waals surface area contributed by atoms with Crippen molar-refractivity contribution in [1.29, 1.82) is 0 Å². The van der Waals surface area contributed by atoms with Crippen molar-refractivity contribution in [2.75, 3.05) is 31.1 Å². The van der Waals surface area contributed by atoms with Gasteiger partial charge in [-0.3, -0.25) is 9.20 Å². The summed E-state index contributed by atoms with van der Waals surface area (Å²) in [4.78, 5) is 20.2. The molecule has 3 fully saturated rings. The number of carbonyl (C=O) groups excluding carboxylic acids is 1. The van der Waals surface area contributed by atoms with Gasteiger partial charge in [0.15, 0.2) is 0 Å². The highest BCUT2D eigenvalue weighted by Crippen LogP contribution is 2.41. The molecule has 7 heteroatoms. The van der Waals surface area contributed by atoms with E-state index in [1.807, 2.05) is 18.2 Å². The van der Waals surface area contributed by atoms with E-state index in [0.717, 1.165) is 41.8 Å². The Morgan fingerprint density at radius 1 is 1.03 bits per heavy atom. The zero-order valence-corrected chi connectivity index (χ0v) is 20.1. The lowest BCUT2D eigenvalue weighted by molar-refractivity contribution is 0.0940. The Bertz CT molecular complexity index is 1170. The summed E-state index contributed by atoms with van der Waals surface area (Å²) in [5, 5.41) is 3.58. The summed E-state index contributed by atoms with van der Waals surface area (Å²) >= 11 is 6.18. The first-order chi connectivity index (χ1) is 16.7. The largest absolute Gasteiger partial charge is 0.492 e. The number of rotatable bonds is 7. The van der Waals surface area contributed by atoms with Gasteiger partial charge in [-0.25, -0.2) is 4.98 Å². The van der Waals surface area contributed by atoms with E-state index in [1.165, 1.54) is 44.5 Å². The molecule has 1 aromatic carbocycles. The van der Waals surface area contributed by atoms with E-state index in [4.69, 9.17) is 16.3 Å². The van der Waals surface area contributed by atoms with Crippen molar-refractivity contribution in [3.05, 3.63) is 59.0 Å². The van der Waals surface area contributed by atoms with E-state index in [-0.39, 0.29) is 5.91 Å². The van der Waals surface area contributed by atoms with E-state index in [2.05, 4.69) is 27.3 Å². The zero-order valence-electron chi connectivity index (χ0n) is 19.4. The van der Waals surface area contributed by atoms with Gasteiger partial charge in [-0.05, 0) is 73.9 Å². The average molecular weight is 479 g/mol. The van der Waals surface area contributed by atoms with Gasteiger partial charge in [0.25, 0.3) is 5.91 Å². The molecule has 0 bridgehead atoms. The minimum absolute atomic E-state index is 0.133. The van der Waals surface area contributed by atoms with Gasteiger partial charge in [-0.2, -0.15) is 0 Å². The van der Waals surface area contributed by atoms with Crippen LogP contribution in [0.1, 0.15) is 60.6 Å². The molecule has 3 aliphatic rings. The highest BCUT2D eigenvalue weighted by molar-refractivity contribution is 6.30. The maximum Gasteiger partial charge on any atom is 0.270 e. The Hall–Kier alpha value is -2.73. The molecule has 2 saturated carbocycles. The molecule has 0 spiro atoms. The first-order valence-electron chi connectivity index (χ1n) is 12.6. The number of halogens is 1. The van der Waals surface area contributed by atoms with Crippen molar-refractivity contribution in [2.45, 2.75) is 44.4 Å². The van der Waals surface area contributed by atoms with E-state index < -0.39 is 0 Å². The first kappa shape index (κ1) is 21.8. The number of amides is 1. The Balaban J connectivity index is 1.04. The highest BCUT2D eigenvalue weighted by atomic mass is 35.5. The van der Waals surface area contributed by atoms with Crippen LogP contribution in [0, 0.1) is 11.8 Å². The molecule has 1 saturated heterocycles. The normalized spacial score (nSPS) is 22.1. The molecular formula is C27H31ClN4O2. The fourth-order valence-corrected chi connectivity index (χ4v) is 5.85. The first-order valence-corrected chi connectivity index (χ1v) is 13.0. The number of benzene rings is 1. The predicted molar refractivity (Wildman–Crippen MR) is 134 cm³/mol. The summed E-state index contributed by atoms with van der Waals surface area (Å²) in [6, 6.07) is 12.1. The molecule has 34 heavy (non-hydrogen) atoms. The summed E-state index contributed by atoms with van der Waals surface area (Å²) in [5.41, 5.74) is 3.51. The van der Waals surface area contributed by atoms with Crippen molar-refractivity contribution in [3.63, 3.8) is 0 Å². The molecule has 178 valence electrons. The van der Waals surface area contributed by atoms with Crippen molar-refractivity contribution in [2.24, 2.45) is 11.8 Å². The summed E-state index contributed by atoms with van der Waals surface area (Å²) in [6.07, 6.45) is 9.48. The molecule has 0 radical (unpaired) electrons. The molecule has 1 aliphatic heterocycles. The molecule has 1 amide bonds. The van der Waals surface area contributed by atoms with Gasteiger partial charge >= 0.3 is 0 Å². The van der Waals surface area contributed by atoms with Crippen LogP contribution in [-0.4, -0.2) is 41.5 Å². The van der Waals surface area contributed by atoms with Crippen LogP contribution in [0.2, 0.25) is 5.02 Å². The molecule has 6 nitrogen and oxygen atoms in total. The second-order valence-corrected chi connectivity index (χ2v) is 10.4. The quantitative estimate of drug-likeness (QED) is 0.468. The highest BCUT2D eigenvalue weighted by Gasteiger charge is 2.34. The van der Waals surface area contributed by atoms with Crippen molar-refractivity contribution in [3.8, 4) is 5.75 Å². The van der Waals surface area contributed by atoms with Crippen LogP contribution >= 0.6 is 11.6 Å². The molecule has 1 N–H and O–H groups in total. The summed E-state index contributed by atoms with van der Waals surface area (Å²) in [6.45, 7) is 3.21. The van der Waals surface area contributed by atoms with Gasteiger partial charge in [0, 0.05) is 30.9 Å². The number of hydrogen-bond acceptors (Lipinski definition) is 4. The number of pyridine rings is 1. The maximum atomic E-state index is 13.0. The zero-order chi connectivity index (χ0) is 23.1.